The summed E-state index contributed by atoms with van der Waals surface area (Å²) in [7, 11) is 2.04. The quantitative estimate of drug-likeness (QED) is 0.780. The molecule has 0 saturated carbocycles. The molecule has 0 atom stereocenters. The fourth-order valence-electron chi connectivity index (χ4n) is 3.24. The second kappa shape index (κ2) is 10.4. The van der Waals surface area contributed by atoms with Gasteiger partial charge in [0, 0.05) is 38.2 Å². The Morgan fingerprint density at radius 3 is 2.54 bits per heavy atom. The van der Waals surface area contributed by atoms with Crippen molar-refractivity contribution in [2.45, 2.75) is 18.4 Å². The summed E-state index contributed by atoms with van der Waals surface area (Å²) in [6.45, 7) is 3.04. The van der Waals surface area contributed by atoms with Crippen LogP contribution in [0.15, 0.2) is 48.8 Å². The third-order valence-electron chi connectivity index (χ3n) is 4.73. The van der Waals surface area contributed by atoms with E-state index < -0.39 is 5.54 Å². The smallest absolute Gasteiger partial charge is 0.248 e. The van der Waals surface area contributed by atoms with E-state index in [9.17, 15) is 4.79 Å². The second-order valence-corrected chi connectivity index (χ2v) is 6.25. The van der Waals surface area contributed by atoms with Gasteiger partial charge in [0.05, 0.1) is 0 Å². The Labute approximate surface area is 167 Å². The van der Waals surface area contributed by atoms with E-state index >= 15 is 0 Å². The third-order valence-corrected chi connectivity index (χ3v) is 4.73. The molecule has 0 radical (unpaired) electrons. The normalized spacial score (nSPS) is 15.3. The topological polar surface area (TPSA) is 62.2 Å². The highest BCUT2D eigenvalue weighted by atomic mass is 35.5. The zero-order valence-corrected chi connectivity index (χ0v) is 16.6. The van der Waals surface area contributed by atoms with E-state index in [4.69, 9.17) is 0 Å². The first-order chi connectivity index (χ1) is 11.7. The number of carbonyl (C=O) groups is 1. The lowest BCUT2D eigenvalue weighted by Gasteiger charge is -2.36. The van der Waals surface area contributed by atoms with Crippen molar-refractivity contribution < 1.29 is 4.79 Å². The average molecular weight is 400 g/mol. The Morgan fingerprint density at radius 1 is 1.23 bits per heavy atom. The van der Waals surface area contributed by atoms with Crippen LogP contribution in [-0.2, 0) is 10.3 Å². The minimum Gasteiger partial charge on any atom is -0.373 e. The molecule has 1 aliphatic rings. The van der Waals surface area contributed by atoms with Gasteiger partial charge in [0.2, 0.25) is 5.91 Å². The molecule has 1 saturated heterocycles. The van der Waals surface area contributed by atoms with Crippen LogP contribution in [0.2, 0.25) is 0 Å². The van der Waals surface area contributed by atoms with Crippen molar-refractivity contribution in [3.63, 3.8) is 0 Å². The minimum absolute atomic E-state index is 0. The number of aromatic nitrogens is 2. The van der Waals surface area contributed by atoms with Crippen molar-refractivity contribution in [1.29, 1.82) is 0 Å². The first kappa shape index (κ1) is 22.3. The lowest BCUT2D eigenvalue weighted by Crippen LogP contribution is -2.55. The van der Waals surface area contributed by atoms with Crippen LogP contribution >= 0.6 is 24.8 Å². The molecule has 2 aromatic rings. The maximum Gasteiger partial charge on any atom is 0.248 e. The zero-order chi connectivity index (χ0) is 16.8. The minimum atomic E-state index is -0.569. The van der Waals surface area contributed by atoms with Gasteiger partial charge in [0.15, 0.2) is 0 Å². The molecule has 1 fully saturated rings. The van der Waals surface area contributed by atoms with E-state index in [1.165, 1.54) is 0 Å². The summed E-state index contributed by atoms with van der Waals surface area (Å²) in [5.41, 5.74) is 0.579. The molecule has 3 rings (SSSR count). The van der Waals surface area contributed by atoms with Gasteiger partial charge in [0.25, 0.3) is 0 Å². The Hall–Kier alpha value is -1.76. The molecular weight excluding hydrogens is 373 g/mol. The Balaban J connectivity index is 0.00000169. The van der Waals surface area contributed by atoms with Gasteiger partial charge in [-0.05, 0) is 44.1 Å². The number of para-hydroxylation sites is 1. The molecule has 8 heteroatoms. The summed E-state index contributed by atoms with van der Waals surface area (Å²) in [5, 5.41) is 10.8. The molecule has 1 aliphatic heterocycles. The largest absolute Gasteiger partial charge is 0.373 e. The van der Waals surface area contributed by atoms with Crippen LogP contribution < -0.4 is 15.5 Å². The molecular formula is C18H27Cl2N5O. The highest BCUT2D eigenvalue weighted by Gasteiger charge is 2.41. The van der Waals surface area contributed by atoms with Crippen LogP contribution in [0.1, 0.15) is 12.8 Å². The van der Waals surface area contributed by atoms with Gasteiger partial charge in [-0.2, -0.15) is 5.10 Å². The summed E-state index contributed by atoms with van der Waals surface area (Å²) in [4.78, 5) is 15.1. The molecule has 0 bridgehead atoms. The number of piperidine rings is 1. The molecule has 0 unspecified atom stereocenters. The fourth-order valence-corrected chi connectivity index (χ4v) is 3.24. The van der Waals surface area contributed by atoms with Gasteiger partial charge in [-0.3, -0.25) is 9.48 Å². The summed E-state index contributed by atoms with van der Waals surface area (Å²) < 4.78 is 1.82. The molecule has 1 aromatic carbocycles. The summed E-state index contributed by atoms with van der Waals surface area (Å²) in [6.07, 6.45) is 5.14. The van der Waals surface area contributed by atoms with Crippen LogP contribution in [0.5, 0.6) is 0 Å². The van der Waals surface area contributed by atoms with Crippen LogP contribution in [0.25, 0.3) is 0 Å². The molecule has 144 valence electrons. The van der Waals surface area contributed by atoms with Gasteiger partial charge >= 0.3 is 0 Å². The number of benzene rings is 1. The van der Waals surface area contributed by atoms with Gasteiger partial charge in [-0.1, -0.05) is 18.2 Å². The maximum absolute atomic E-state index is 12.9. The number of hydrogen-bond acceptors (Lipinski definition) is 4. The molecule has 1 aromatic heterocycles. The molecule has 1 amide bonds. The number of rotatable bonds is 6. The van der Waals surface area contributed by atoms with Crippen molar-refractivity contribution in [3.8, 4) is 0 Å². The van der Waals surface area contributed by atoms with Crippen molar-refractivity contribution >= 4 is 36.4 Å². The van der Waals surface area contributed by atoms with Crippen LogP contribution in [0, 0.1) is 0 Å². The standard InChI is InChI=1S/C18H25N5O.2ClH/c1-22(16-6-3-2-4-7-16)15-13-20-17(24)18(8-11-19-12-9-18)23-14-5-10-21-23;;/h2-7,10,14,19H,8-9,11-13,15H2,1H3,(H,20,24);2*1H. The van der Waals surface area contributed by atoms with E-state index in [2.05, 4.69) is 32.8 Å². The fraction of sp³-hybridized carbons (Fsp3) is 0.444. The summed E-state index contributed by atoms with van der Waals surface area (Å²) >= 11 is 0. The maximum atomic E-state index is 12.9. The Kier molecular flexibility index (Phi) is 8.92. The number of anilines is 1. The Bertz CT molecular complexity index is 645. The number of nitrogens with one attached hydrogen (secondary N) is 2. The predicted octanol–water partition coefficient (Wildman–Crippen LogP) is 2.06. The van der Waals surface area contributed by atoms with Crippen LogP contribution in [0.4, 0.5) is 5.69 Å². The van der Waals surface area contributed by atoms with Gasteiger partial charge in [0.1, 0.15) is 5.54 Å². The number of nitrogens with zero attached hydrogens (tertiary/aromatic N) is 3. The van der Waals surface area contributed by atoms with Gasteiger partial charge < -0.3 is 15.5 Å². The van der Waals surface area contributed by atoms with Crippen molar-refractivity contribution in [1.82, 2.24) is 20.4 Å². The number of halogens is 2. The van der Waals surface area contributed by atoms with Crippen molar-refractivity contribution in [3.05, 3.63) is 48.8 Å². The molecule has 6 nitrogen and oxygen atoms in total. The van der Waals surface area contributed by atoms with Crippen LogP contribution in [0.3, 0.4) is 0 Å². The predicted molar refractivity (Wildman–Crippen MR) is 110 cm³/mol. The molecule has 0 spiro atoms. The third kappa shape index (κ3) is 4.90. The highest BCUT2D eigenvalue weighted by Crippen LogP contribution is 2.27. The van der Waals surface area contributed by atoms with E-state index in [1.807, 2.05) is 42.2 Å². The number of hydrogen-bond donors (Lipinski definition) is 2. The second-order valence-electron chi connectivity index (χ2n) is 6.25. The van der Waals surface area contributed by atoms with Gasteiger partial charge in [-0.25, -0.2) is 0 Å². The van der Waals surface area contributed by atoms with Crippen molar-refractivity contribution in [2.75, 3.05) is 38.1 Å². The van der Waals surface area contributed by atoms with E-state index in [1.54, 1.807) is 6.20 Å². The first-order valence-electron chi connectivity index (χ1n) is 8.48. The van der Waals surface area contributed by atoms with Gasteiger partial charge in [-0.15, -0.1) is 24.8 Å². The lowest BCUT2D eigenvalue weighted by molar-refractivity contribution is -0.131. The number of amides is 1. The van der Waals surface area contributed by atoms with E-state index in [0.717, 1.165) is 38.2 Å². The monoisotopic (exact) mass is 399 g/mol. The lowest BCUT2D eigenvalue weighted by atomic mass is 9.87. The van der Waals surface area contributed by atoms with Crippen molar-refractivity contribution in [2.24, 2.45) is 0 Å². The van der Waals surface area contributed by atoms with E-state index in [0.29, 0.717) is 6.54 Å². The molecule has 0 aliphatic carbocycles. The summed E-state index contributed by atoms with van der Waals surface area (Å²) in [5.74, 6) is 0.0640. The first-order valence-corrected chi connectivity index (χ1v) is 8.48. The zero-order valence-electron chi connectivity index (χ0n) is 14.9. The van der Waals surface area contributed by atoms with Crippen LogP contribution in [-0.4, -0.2) is 48.9 Å². The van der Waals surface area contributed by atoms with E-state index in [-0.39, 0.29) is 30.7 Å². The number of carbonyl (C=O) groups excluding carboxylic acids is 1. The molecule has 2 N–H and O–H groups in total. The average Bonchev–Trinajstić information content (AvgIpc) is 3.18. The Morgan fingerprint density at radius 2 is 1.92 bits per heavy atom. The summed E-state index contributed by atoms with van der Waals surface area (Å²) in [6, 6.07) is 12.1. The number of likely N-dealkylation sites (N-methyl/N-ethyl adjacent to an activating group) is 1. The molecule has 26 heavy (non-hydrogen) atoms. The SMILES string of the molecule is CN(CCNC(=O)C1(n2cccn2)CCNCC1)c1ccccc1.Cl.Cl. The highest BCUT2D eigenvalue weighted by molar-refractivity contribution is 5.85. The molecule has 2 heterocycles.